The van der Waals surface area contributed by atoms with E-state index in [9.17, 15) is 9.59 Å². The van der Waals surface area contributed by atoms with Gasteiger partial charge in [-0.15, -0.1) is 0 Å². The number of ether oxygens (including phenoxy) is 2. The number of carbonyl (C=O) groups excluding carboxylic acids is 2. The molecule has 0 saturated heterocycles. The molecule has 0 fully saturated rings. The molecule has 0 aliphatic heterocycles. The molecule has 1 aromatic rings. The number of rotatable bonds is 4. The third-order valence-corrected chi connectivity index (χ3v) is 2.31. The van der Waals surface area contributed by atoms with Crippen molar-refractivity contribution in [3.05, 3.63) is 41.9 Å². The van der Waals surface area contributed by atoms with Gasteiger partial charge in [0.1, 0.15) is 5.60 Å². The number of esters is 1. The van der Waals surface area contributed by atoms with Crippen molar-refractivity contribution in [2.24, 2.45) is 0 Å². The molecule has 1 radical (unpaired) electrons. The van der Waals surface area contributed by atoms with Crippen LogP contribution in [0.4, 0.5) is 4.79 Å². The highest BCUT2D eigenvalue weighted by molar-refractivity contribution is 5.89. The Kier molecular flexibility index (Phi) is 5.55. The standard InChI is InChI=1S/C15H20NO4/c1-15(2,3)20-14(18)16-12(13(17)19-4)10-11-8-6-5-7-9-11/h5-9H,10H2,1-4H3,(H,16,18). The van der Waals surface area contributed by atoms with Gasteiger partial charge in [0.15, 0.2) is 6.04 Å². The van der Waals surface area contributed by atoms with Crippen molar-refractivity contribution in [2.75, 3.05) is 7.11 Å². The first-order valence-electron chi connectivity index (χ1n) is 6.30. The Morgan fingerprint density at radius 1 is 1.15 bits per heavy atom. The molecular formula is C15H20NO4. The van der Waals surface area contributed by atoms with Crippen molar-refractivity contribution in [1.29, 1.82) is 0 Å². The first-order valence-corrected chi connectivity index (χ1v) is 6.30. The van der Waals surface area contributed by atoms with Crippen LogP contribution in [-0.4, -0.2) is 24.8 Å². The quantitative estimate of drug-likeness (QED) is 0.859. The Bertz CT molecular complexity index is 451. The van der Waals surface area contributed by atoms with Crippen LogP contribution >= 0.6 is 0 Å². The van der Waals surface area contributed by atoms with Crippen molar-refractivity contribution in [3.63, 3.8) is 0 Å². The zero-order chi connectivity index (χ0) is 15.2. The molecule has 1 aromatic carbocycles. The molecular weight excluding hydrogens is 258 g/mol. The van der Waals surface area contributed by atoms with Crippen LogP contribution in [0.3, 0.4) is 0 Å². The van der Waals surface area contributed by atoms with Crippen molar-refractivity contribution in [3.8, 4) is 0 Å². The third-order valence-electron chi connectivity index (χ3n) is 2.31. The number of amides is 1. The van der Waals surface area contributed by atoms with Crippen molar-refractivity contribution < 1.29 is 19.1 Å². The zero-order valence-corrected chi connectivity index (χ0v) is 12.2. The lowest BCUT2D eigenvalue weighted by Crippen LogP contribution is -2.39. The van der Waals surface area contributed by atoms with Gasteiger partial charge >= 0.3 is 12.1 Å². The van der Waals surface area contributed by atoms with Gasteiger partial charge in [-0.1, -0.05) is 30.3 Å². The number of benzene rings is 1. The van der Waals surface area contributed by atoms with E-state index in [1.165, 1.54) is 7.11 Å². The molecule has 109 valence electrons. The van der Waals surface area contributed by atoms with E-state index in [2.05, 4.69) is 10.1 Å². The normalized spacial score (nSPS) is 11.1. The second kappa shape index (κ2) is 6.93. The van der Waals surface area contributed by atoms with Gasteiger partial charge in [0, 0.05) is 6.42 Å². The maximum absolute atomic E-state index is 11.7. The minimum atomic E-state index is -0.672. The molecule has 0 heterocycles. The first-order chi connectivity index (χ1) is 9.31. The molecule has 1 amide bonds. The van der Waals surface area contributed by atoms with Gasteiger partial charge in [0.25, 0.3) is 0 Å². The summed E-state index contributed by atoms with van der Waals surface area (Å²) in [5.41, 5.74) is 0.266. The Morgan fingerprint density at radius 3 is 2.25 bits per heavy atom. The van der Waals surface area contributed by atoms with E-state index in [-0.39, 0.29) is 12.5 Å². The highest BCUT2D eigenvalue weighted by atomic mass is 16.6. The van der Waals surface area contributed by atoms with Crippen LogP contribution in [0.15, 0.2) is 30.3 Å². The second-order valence-corrected chi connectivity index (χ2v) is 5.26. The van der Waals surface area contributed by atoms with Crippen molar-refractivity contribution >= 4 is 12.1 Å². The molecule has 20 heavy (non-hydrogen) atoms. The van der Waals surface area contributed by atoms with Gasteiger partial charge < -0.3 is 14.8 Å². The van der Waals surface area contributed by atoms with Gasteiger partial charge in [-0.3, -0.25) is 0 Å². The summed E-state index contributed by atoms with van der Waals surface area (Å²) in [6.07, 6.45) is -0.402. The molecule has 0 aromatic heterocycles. The number of methoxy groups -OCH3 is 1. The predicted molar refractivity (Wildman–Crippen MR) is 74.8 cm³/mol. The molecule has 0 aliphatic carbocycles. The Labute approximate surface area is 119 Å². The lowest BCUT2D eigenvalue weighted by molar-refractivity contribution is -0.139. The Balaban J connectivity index is 2.70. The van der Waals surface area contributed by atoms with E-state index < -0.39 is 17.7 Å². The van der Waals surface area contributed by atoms with Gasteiger partial charge in [-0.05, 0) is 26.3 Å². The summed E-state index contributed by atoms with van der Waals surface area (Å²) in [6.45, 7) is 5.25. The second-order valence-electron chi connectivity index (χ2n) is 5.26. The SMILES string of the molecule is COC(=O)[C](Cc1ccccc1)NC(=O)OC(C)(C)C. The lowest BCUT2D eigenvalue weighted by atomic mass is 10.1. The lowest BCUT2D eigenvalue weighted by Gasteiger charge is -2.22. The molecule has 1 N–H and O–H groups in total. The van der Waals surface area contributed by atoms with E-state index >= 15 is 0 Å². The molecule has 0 aliphatic rings. The minimum absolute atomic E-state index is 0.146. The summed E-state index contributed by atoms with van der Waals surface area (Å²) in [5.74, 6) is -0.584. The molecule has 5 heteroatoms. The average molecular weight is 278 g/mol. The van der Waals surface area contributed by atoms with Crippen molar-refractivity contribution in [2.45, 2.75) is 32.8 Å². The van der Waals surface area contributed by atoms with Crippen LogP contribution in [0.5, 0.6) is 0 Å². The zero-order valence-electron chi connectivity index (χ0n) is 12.2. The summed E-state index contributed by atoms with van der Waals surface area (Å²) in [6, 6.07) is 9.46. The molecule has 5 nitrogen and oxygen atoms in total. The Hall–Kier alpha value is -2.04. The Morgan fingerprint density at radius 2 is 1.75 bits per heavy atom. The van der Waals surface area contributed by atoms with Crippen LogP contribution in [0, 0.1) is 6.04 Å². The summed E-state index contributed by atoms with van der Waals surface area (Å²) < 4.78 is 9.79. The van der Waals surface area contributed by atoms with E-state index in [4.69, 9.17) is 4.74 Å². The van der Waals surface area contributed by atoms with Crippen LogP contribution in [0.1, 0.15) is 26.3 Å². The monoisotopic (exact) mass is 278 g/mol. The minimum Gasteiger partial charge on any atom is -0.467 e. The maximum Gasteiger partial charge on any atom is 0.408 e. The van der Waals surface area contributed by atoms with Gasteiger partial charge in [0.2, 0.25) is 0 Å². The van der Waals surface area contributed by atoms with E-state index in [0.29, 0.717) is 0 Å². The largest absolute Gasteiger partial charge is 0.467 e. The third kappa shape index (κ3) is 5.73. The topological polar surface area (TPSA) is 64.6 Å². The number of carbonyl (C=O) groups is 2. The molecule has 0 spiro atoms. The number of hydrogen-bond acceptors (Lipinski definition) is 4. The fourth-order valence-electron chi connectivity index (χ4n) is 1.52. The molecule has 0 atom stereocenters. The van der Waals surface area contributed by atoms with Crippen LogP contribution in [0.2, 0.25) is 0 Å². The molecule has 0 bridgehead atoms. The smallest absolute Gasteiger partial charge is 0.408 e. The van der Waals surface area contributed by atoms with Crippen LogP contribution in [0.25, 0.3) is 0 Å². The summed E-state index contributed by atoms with van der Waals surface area (Å²) in [4.78, 5) is 23.4. The van der Waals surface area contributed by atoms with Gasteiger partial charge in [-0.25, -0.2) is 9.59 Å². The fourth-order valence-corrected chi connectivity index (χ4v) is 1.52. The highest BCUT2D eigenvalue weighted by Crippen LogP contribution is 2.12. The summed E-state index contributed by atoms with van der Waals surface area (Å²) in [5, 5.41) is 2.45. The van der Waals surface area contributed by atoms with Crippen LogP contribution < -0.4 is 5.32 Å². The van der Waals surface area contributed by atoms with E-state index in [1.807, 2.05) is 30.3 Å². The van der Waals surface area contributed by atoms with E-state index in [1.54, 1.807) is 20.8 Å². The number of hydrogen-bond donors (Lipinski definition) is 1. The van der Waals surface area contributed by atoms with E-state index in [0.717, 1.165) is 5.56 Å². The average Bonchev–Trinajstić information content (AvgIpc) is 2.36. The fraction of sp³-hybridized carbons (Fsp3) is 0.400. The number of nitrogens with one attached hydrogen (secondary N) is 1. The maximum atomic E-state index is 11.7. The van der Waals surface area contributed by atoms with Gasteiger partial charge in [-0.2, -0.15) is 0 Å². The molecule has 0 saturated carbocycles. The number of alkyl carbamates (subject to hydrolysis) is 1. The first kappa shape index (κ1) is 16.0. The summed E-state index contributed by atoms with van der Waals surface area (Å²) >= 11 is 0. The molecule has 1 rings (SSSR count). The highest BCUT2D eigenvalue weighted by Gasteiger charge is 2.26. The van der Waals surface area contributed by atoms with Gasteiger partial charge in [0.05, 0.1) is 7.11 Å². The van der Waals surface area contributed by atoms with Crippen LogP contribution in [-0.2, 0) is 20.7 Å². The predicted octanol–water partition coefficient (Wildman–Crippen LogP) is 2.46. The molecule has 0 unspecified atom stereocenters. The summed E-state index contributed by atoms with van der Waals surface area (Å²) in [7, 11) is 1.27. The van der Waals surface area contributed by atoms with Crippen molar-refractivity contribution in [1.82, 2.24) is 5.32 Å².